The van der Waals surface area contributed by atoms with Crippen molar-refractivity contribution in [2.24, 2.45) is 5.73 Å². The summed E-state index contributed by atoms with van der Waals surface area (Å²) < 4.78 is 9.67. The zero-order chi connectivity index (χ0) is 12.4. The molecule has 96 valence electrons. The Labute approximate surface area is 97.9 Å². The van der Waals surface area contributed by atoms with Gasteiger partial charge in [0.15, 0.2) is 0 Å². The Morgan fingerprint density at radius 3 is 2.56 bits per heavy atom. The van der Waals surface area contributed by atoms with Gasteiger partial charge in [-0.3, -0.25) is 9.69 Å². The fraction of sp³-hybridized carbons (Fsp3) is 0.909. The number of hydrogen-bond acceptors (Lipinski definition) is 5. The highest BCUT2D eigenvalue weighted by Gasteiger charge is 2.14. The van der Waals surface area contributed by atoms with Crippen LogP contribution in [0.25, 0.3) is 0 Å². The molecule has 0 rings (SSSR count). The molecule has 0 aromatic rings. The van der Waals surface area contributed by atoms with E-state index in [0.717, 1.165) is 13.0 Å². The zero-order valence-corrected chi connectivity index (χ0v) is 10.6. The van der Waals surface area contributed by atoms with Crippen molar-refractivity contribution in [1.82, 2.24) is 4.90 Å². The van der Waals surface area contributed by atoms with Gasteiger partial charge in [-0.1, -0.05) is 0 Å². The lowest BCUT2D eigenvalue weighted by molar-refractivity contribution is -0.141. The molecule has 0 radical (unpaired) electrons. The second kappa shape index (κ2) is 9.57. The van der Waals surface area contributed by atoms with E-state index in [0.29, 0.717) is 32.2 Å². The first kappa shape index (κ1) is 15.3. The summed E-state index contributed by atoms with van der Waals surface area (Å²) in [6.45, 7) is 4.94. The van der Waals surface area contributed by atoms with Crippen molar-refractivity contribution in [3.8, 4) is 0 Å². The van der Waals surface area contributed by atoms with Gasteiger partial charge in [-0.15, -0.1) is 0 Å². The second-order valence-electron chi connectivity index (χ2n) is 3.78. The minimum absolute atomic E-state index is 0.178. The molecule has 5 nitrogen and oxygen atoms in total. The minimum Gasteiger partial charge on any atom is -0.469 e. The Balaban J connectivity index is 4.03. The van der Waals surface area contributed by atoms with Crippen molar-refractivity contribution in [1.29, 1.82) is 0 Å². The SMILES string of the molecule is COCCN(CCC(=O)OC)C(C)CCN. The van der Waals surface area contributed by atoms with Crippen molar-refractivity contribution < 1.29 is 14.3 Å². The molecule has 0 aromatic carbocycles. The van der Waals surface area contributed by atoms with Crippen LogP contribution in [0.15, 0.2) is 0 Å². The number of rotatable bonds is 9. The smallest absolute Gasteiger partial charge is 0.306 e. The summed E-state index contributed by atoms with van der Waals surface area (Å²) in [4.78, 5) is 13.3. The lowest BCUT2D eigenvalue weighted by Crippen LogP contribution is -2.38. The highest BCUT2D eigenvalue weighted by atomic mass is 16.5. The van der Waals surface area contributed by atoms with Gasteiger partial charge in [0.05, 0.1) is 20.1 Å². The summed E-state index contributed by atoms with van der Waals surface area (Å²) in [6.07, 6.45) is 1.33. The van der Waals surface area contributed by atoms with Crippen molar-refractivity contribution >= 4 is 5.97 Å². The molecule has 0 fully saturated rings. The van der Waals surface area contributed by atoms with E-state index in [1.165, 1.54) is 7.11 Å². The standard InChI is InChI=1S/C11H24N2O3/c1-10(4-6-12)13(8-9-15-2)7-5-11(14)16-3/h10H,4-9,12H2,1-3H3. The second-order valence-corrected chi connectivity index (χ2v) is 3.78. The predicted octanol–water partition coefficient (Wildman–Crippen LogP) is 0.235. The number of methoxy groups -OCH3 is 2. The zero-order valence-electron chi connectivity index (χ0n) is 10.6. The summed E-state index contributed by atoms with van der Waals surface area (Å²) in [7, 11) is 3.08. The highest BCUT2D eigenvalue weighted by molar-refractivity contribution is 5.69. The fourth-order valence-electron chi connectivity index (χ4n) is 1.52. The van der Waals surface area contributed by atoms with E-state index in [1.54, 1.807) is 7.11 Å². The summed E-state index contributed by atoms with van der Waals surface area (Å²) >= 11 is 0. The monoisotopic (exact) mass is 232 g/mol. The third-order valence-corrected chi connectivity index (χ3v) is 2.62. The lowest BCUT2D eigenvalue weighted by atomic mass is 10.2. The normalized spacial score (nSPS) is 12.8. The van der Waals surface area contributed by atoms with Gasteiger partial charge in [-0.25, -0.2) is 0 Å². The Hall–Kier alpha value is -0.650. The van der Waals surface area contributed by atoms with E-state index < -0.39 is 0 Å². The first-order valence-corrected chi connectivity index (χ1v) is 5.65. The van der Waals surface area contributed by atoms with Crippen LogP contribution in [-0.4, -0.2) is 57.4 Å². The molecule has 0 spiro atoms. The molecular weight excluding hydrogens is 208 g/mol. The first-order chi connectivity index (χ1) is 7.65. The van der Waals surface area contributed by atoms with Gasteiger partial charge in [0.1, 0.15) is 0 Å². The first-order valence-electron chi connectivity index (χ1n) is 5.65. The summed E-state index contributed by atoms with van der Waals surface area (Å²) in [5.41, 5.74) is 5.53. The van der Waals surface area contributed by atoms with Crippen molar-refractivity contribution in [2.45, 2.75) is 25.8 Å². The van der Waals surface area contributed by atoms with Crippen molar-refractivity contribution in [3.63, 3.8) is 0 Å². The van der Waals surface area contributed by atoms with Crippen LogP contribution in [0, 0.1) is 0 Å². The van der Waals surface area contributed by atoms with Crippen molar-refractivity contribution in [3.05, 3.63) is 0 Å². The molecule has 16 heavy (non-hydrogen) atoms. The van der Waals surface area contributed by atoms with Crippen LogP contribution in [0.1, 0.15) is 19.8 Å². The molecule has 1 atom stereocenters. The Morgan fingerprint density at radius 2 is 2.06 bits per heavy atom. The van der Waals surface area contributed by atoms with Crippen LogP contribution in [0.3, 0.4) is 0 Å². The molecule has 0 bridgehead atoms. The summed E-state index contributed by atoms with van der Waals surface area (Å²) in [5.74, 6) is -0.178. The third kappa shape index (κ3) is 6.76. The van der Waals surface area contributed by atoms with Crippen LogP contribution in [0.5, 0.6) is 0 Å². The Morgan fingerprint density at radius 1 is 1.38 bits per heavy atom. The maximum absolute atomic E-state index is 11.1. The molecule has 0 heterocycles. The van der Waals surface area contributed by atoms with Gasteiger partial charge in [0.25, 0.3) is 0 Å². The van der Waals surface area contributed by atoms with Crippen LogP contribution < -0.4 is 5.73 Å². The number of esters is 1. The van der Waals surface area contributed by atoms with Gasteiger partial charge in [-0.05, 0) is 19.9 Å². The Kier molecular flexibility index (Phi) is 9.18. The molecule has 0 saturated carbocycles. The van der Waals surface area contributed by atoms with Crippen LogP contribution in [-0.2, 0) is 14.3 Å². The van der Waals surface area contributed by atoms with Crippen LogP contribution in [0.4, 0.5) is 0 Å². The molecule has 0 aliphatic rings. The quantitative estimate of drug-likeness (QED) is 0.577. The molecule has 0 aromatic heterocycles. The largest absolute Gasteiger partial charge is 0.469 e. The molecule has 0 aliphatic carbocycles. The van der Waals surface area contributed by atoms with E-state index in [1.807, 2.05) is 0 Å². The van der Waals surface area contributed by atoms with E-state index in [4.69, 9.17) is 10.5 Å². The fourth-order valence-corrected chi connectivity index (χ4v) is 1.52. The lowest BCUT2D eigenvalue weighted by Gasteiger charge is -2.28. The summed E-state index contributed by atoms with van der Waals surface area (Å²) in [5, 5.41) is 0. The van der Waals surface area contributed by atoms with Crippen LogP contribution in [0.2, 0.25) is 0 Å². The number of nitrogens with zero attached hydrogens (tertiary/aromatic N) is 1. The van der Waals surface area contributed by atoms with E-state index in [2.05, 4.69) is 16.6 Å². The van der Waals surface area contributed by atoms with Gasteiger partial charge >= 0.3 is 5.97 Å². The maximum atomic E-state index is 11.1. The Bertz CT molecular complexity index is 188. The number of carbonyl (C=O) groups is 1. The number of hydrogen-bond donors (Lipinski definition) is 1. The van der Waals surface area contributed by atoms with E-state index in [-0.39, 0.29) is 5.97 Å². The van der Waals surface area contributed by atoms with Gasteiger partial charge in [0.2, 0.25) is 0 Å². The summed E-state index contributed by atoms with van der Waals surface area (Å²) in [6, 6.07) is 0.366. The minimum atomic E-state index is -0.178. The molecule has 1 unspecified atom stereocenters. The van der Waals surface area contributed by atoms with E-state index >= 15 is 0 Å². The number of ether oxygens (including phenoxy) is 2. The van der Waals surface area contributed by atoms with Crippen LogP contribution >= 0.6 is 0 Å². The molecule has 0 aliphatic heterocycles. The number of nitrogens with two attached hydrogens (primary N) is 1. The average molecular weight is 232 g/mol. The maximum Gasteiger partial charge on any atom is 0.306 e. The molecule has 2 N–H and O–H groups in total. The molecule has 0 amide bonds. The predicted molar refractivity (Wildman–Crippen MR) is 63.2 cm³/mol. The number of carbonyl (C=O) groups excluding carboxylic acids is 1. The van der Waals surface area contributed by atoms with E-state index in [9.17, 15) is 4.79 Å². The van der Waals surface area contributed by atoms with Crippen molar-refractivity contribution in [2.75, 3.05) is 40.5 Å². The van der Waals surface area contributed by atoms with Gasteiger partial charge in [-0.2, -0.15) is 0 Å². The highest BCUT2D eigenvalue weighted by Crippen LogP contribution is 2.04. The molecule has 0 saturated heterocycles. The third-order valence-electron chi connectivity index (χ3n) is 2.62. The molecular formula is C11H24N2O3. The van der Waals surface area contributed by atoms with Gasteiger partial charge < -0.3 is 15.2 Å². The average Bonchev–Trinajstić information content (AvgIpc) is 2.29. The topological polar surface area (TPSA) is 64.8 Å². The molecule has 5 heteroatoms. The van der Waals surface area contributed by atoms with Gasteiger partial charge in [0, 0.05) is 26.2 Å².